The Labute approximate surface area is 127 Å². The highest BCUT2D eigenvalue weighted by Crippen LogP contribution is 2.44. The van der Waals surface area contributed by atoms with Crippen molar-refractivity contribution in [3.8, 4) is 27.6 Å². The average molecular weight is 291 g/mol. The lowest BCUT2D eigenvalue weighted by atomic mass is 10.0. The molecule has 0 bridgehead atoms. The normalized spacial score (nSPS) is 10.3. The van der Waals surface area contributed by atoms with Gasteiger partial charge in [-0.05, 0) is 18.6 Å². The molecule has 3 nitrogen and oxygen atoms in total. The van der Waals surface area contributed by atoms with Crippen molar-refractivity contribution in [2.45, 2.75) is 6.92 Å². The maximum absolute atomic E-state index is 9.27. The van der Waals surface area contributed by atoms with Crippen molar-refractivity contribution in [3.05, 3.63) is 59.2 Å². The molecule has 21 heavy (non-hydrogen) atoms. The van der Waals surface area contributed by atoms with Gasteiger partial charge in [-0.1, -0.05) is 35.9 Å². The van der Waals surface area contributed by atoms with Crippen LogP contribution in [0.1, 0.15) is 10.4 Å². The van der Waals surface area contributed by atoms with Gasteiger partial charge >= 0.3 is 0 Å². The second kappa shape index (κ2) is 5.39. The molecule has 3 aromatic rings. The number of nitriles is 1. The third-order valence-electron chi connectivity index (χ3n) is 3.28. The van der Waals surface area contributed by atoms with Crippen molar-refractivity contribution >= 4 is 17.0 Å². The minimum atomic E-state index is 0.534. The van der Waals surface area contributed by atoms with Gasteiger partial charge in [-0.25, -0.2) is 0 Å². The van der Waals surface area contributed by atoms with Gasteiger partial charge in [0.15, 0.2) is 0 Å². The highest BCUT2D eigenvalue weighted by Gasteiger charge is 2.18. The summed E-state index contributed by atoms with van der Waals surface area (Å²) in [6.07, 6.45) is 3.50. The van der Waals surface area contributed by atoms with E-state index in [1.54, 1.807) is 12.4 Å². The number of aryl methyl sites for hydroxylation is 1. The van der Waals surface area contributed by atoms with Crippen LogP contribution in [-0.4, -0.2) is 4.98 Å². The van der Waals surface area contributed by atoms with Crippen LogP contribution in [0.5, 0.6) is 0 Å². The van der Waals surface area contributed by atoms with E-state index in [2.05, 4.69) is 30.1 Å². The molecule has 0 saturated heterocycles. The fourth-order valence-electron chi connectivity index (χ4n) is 2.31. The molecule has 0 spiro atoms. The lowest BCUT2D eigenvalue weighted by Crippen LogP contribution is -1.90. The number of nitrogens with zero attached hydrogens (tertiary/aromatic N) is 2. The maximum Gasteiger partial charge on any atom is 0.129 e. The number of rotatable bonds is 2. The summed E-state index contributed by atoms with van der Waals surface area (Å²) in [7, 11) is 0. The largest absolute Gasteiger partial charge is 0.396 e. The highest BCUT2D eigenvalue weighted by molar-refractivity contribution is 7.17. The summed E-state index contributed by atoms with van der Waals surface area (Å²) in [6.45, 7) is 2.05. The molecule has 102 valence electrons. The van der Waals surface area contributed by atoms with Gasteiger partial charge in [0.25, 0.3) is 0 Å². The summed E-state index contributed by atoms with van der Waals surface area (Å²) >= 11 is 1.43. The quantitative estimate of drug-likeness (QED) is 0.768. The number of nitrogens with two attached hydrogens (primary N) is 1. The molecule has 0 radical (unpaired) electrons. The SMILES string of the molecule is Cc1cccc(-c2sc(C#N)c(N)c2-c2cccnc2)c1. The fraction of sp³-hybridized carbons (Fsp3) is 0.0588. The Kier molecular flexibility index (Phi) is 3.43. The zero-order valence-electron chi connectivity index (χ0n) is 11.5. The van der Waals surface area contributed by atoms with Gasteiger partial charge in [0, 0.05) is 28.4 Å². The van der Waals surface area contributed by atoms with Crippen LogP contribution >= 0.6 is 11.3 Å². The van der Waals surface area contributed by atoms with Gasteiger partial charge in [-0.15, -0.1) is 11.3 Å². The standard InChI is InChI=1S/C17H13N3S/c1-11-4-2-5-12(8-11)17-15(13-6-3-7-20-10-13)16(19)14(9-18)21-17/h2-8,10H,19H2,1H3. The topological polar surface area (TPSA) is 62.7 Å². The minimum absolute atomic E-state index is 0.534. The number of thiophene rings is 1. The minimum Gasteiger partial charge on any atom is -0.396 e. The molecule has 0 amide bonds. The third-order valence-corrected chi connectivity index (χ3v) is 4.44. The van der Waals surface area contributed by atoms with E-state index in [0.717, 1.165) is 21.6 Å². The van der Waals surface area contributed by atoms with Crippen LogP contribution in [0.3, 0.4) is 0 Å². The number of hydrogen-bond donors (Lipinski definition) is 1. The molecule has 0 atom stereocenters. The first-order chi connectivity index (χ1) is 10.2. The van der Waals surface area contributed by atoms with Crippen LogP contribution in [0.2, 0.25) is 0 Å². The molecule has 2 aromatic heterocycles. The van der Waals surface area contributed by atoms with Crippen molar-refractivity contribution in [2.24, 2.45) is 0 Å². The van der Waals surface area contributed by atoms with Crippen molar-refractivity contribution in [1.29, 1.82) is 5.26 Å². The molecular weight excluding hydrogens is 278 g/mol. The van der Waals surface area contributed by atoms with Crippen molar-refractivity contribution in [2.75, 3.05) is 5.73 Å². The van der Waals surface area contributed by atoms with Crippen LogP contribution in [0.15, 0.2) is 48.8 Å². The highest BCUT2D eigenvalue weighted by atomic mass is 32.1. The van der Waals surface area contributed by atoms with Crippen LogP contribution in [0, 0.1) is 18.3 Å². The average Bonchev–Trinajstić information content (AvgIpc) is 2.85. The summed E-state index contributed by atoms with van der Waals surface area (Å²) in [4.78, 5) is 5.72. The number of pyridine rings is 1. The predicted octanol–water partition coefficient (Wildman–Crippen LogP) is 4.24. The van der Waals surface area contributed by atoms with E-state index < -0.39 is 0 Å². The van der Waals surface area contributed by atoms with Gasteiger partial charge < -0.3 is 5.73 Å². The van der Waals surface area contributed by atoms with E-state index in [-0.39, 0.29) is 0 Å². The smallest absolute Gasteiger partial charge is 0.129 e. The van der Waals surface area contributed by atoms with Crippen molar-refractivity contribution in [3.63, 3.8) is 0 Å². The molecule has 3 rings (SSSR count). The summed E-state index contributed by atoms with van der Waals surface area (Å²) in [5.74, 6) is 0. The number of benzene rings is 1. The number of aromatic nitrogens is 1. The van der Waals surface area contributed by atoms with E-state index in [9.17, 15) is 5.26 Å². The zero-order chi connectivity index (χ0) is 14.8. The summed E-state index contributed by atoms with van der Waals surface area (Å²) in [5, 5.41) is 9.27. The molecule has 1 aromatic carbocycles. The first kappa shape index (κ1) is 13.3. The lowest BCUT2D eigenvalue weighted by Gasteiger charge is -2.06. The Hall–Kier alpha value is -2.64. The molecule has 2 heterocycles. The fourth-order valence-corrected chi connectivity index (χ4v) is 3.35. The zero-order valence-corrected chi connectivity index (χ0v) is 12.3. The second-order valence-corrected chi connectivity index (χ2v) is 5.79. The molecule has 0 aliphatic heterocycles. The molecule has 2 N–H and O–H groups in total. The lowest BCUT2D eigenvalue weighted by molar-refractivity contribution is 1.33. The Morgan fingerprint density at radius 3 is 2.67 bits per heavy atom. The first-order valence-electron chi connectivity index (χ1n) is 6.50. The van der Waals surface area contributed by atoms with Crippen LogP contribution in [0.25, 0.3) is 21.6 Å². The predicted molar refractivity (Wildman–Crippen MR) is 86.9 cm³/mol. The Morgan fingerprint density at radius 2 is 2.00 bits per heavy atom. The summed E-state index contributed by atoms with van der Waals surface area (Å²) in [5.41, 5.74) is 10.8. The van der Waals surface area contributed by atoms with Gasteiger partial charge in [0.2, 0.25) is 0 Å². The van der Waals surface area contributed by atoms with E-state index in [1.807, 2.05) is 24.3 Å². The molecule has 4 heteroatoms. The number of anilines is 1. The molecule has 0 unspecified atom stereocenters. The summed E-state index contributed by atoms with van der Waals surface area (Å²) in [6, 6.07) is 14.2. The Balaban J connectivity index is 2.29. The van der Waals surface area contributed by atoms with E-state index in [1.165, 1.54) is 16.9 Å². The van der Waals surface area contributed by atoms with Crippen LogP contribution in [-0.2, 0) is 0 Å². The molecule has 0 aliphatic carbocycles. The van der Waals surface area contributed by atoms with Gasteiger partial charge in [0.05, 0.1) is 5.69 Å². The third kappa shape index (κ3) is 2.39. The molecule has 0 fully saturated rings. The van der Waals surface area contributed by atoms with E-state index in [4.69, 9.17) is 5.73 Å². The van der Waals surface area contributed by atoms with Gasteiger partial charge in [-0.3, -0.25) is 4.98 Å². The van der Waals surface area contributed by atoms with Gasteiger partial charge in [-0.2, -0.15) is 5.26 Å². The number of nitrogen functional groups attached to an aromatic ring is 1. The number of hydrogen-bond acceptors (Lipinski definition) is 4. The van der Waals surface area contributed by atoms with E-state index in [0.29, 0.717) is 10.6 Å². The Bertz CT molecular complexity index is 829. The maximum atomic E-state index is 9.27. The second-order valence-electron chi connectivity index (χ2n) is 4.77. The van der Waals surface area contributed by atoms with E-state index >= 15 is 0 Å². The van der Waals surface area contributed by atoms with Crippen LogP contribution in [0.4, 0.5) is 5.69 Å². The molecule has 0 aliphatic rings. The van der Waals surface area contributed by atoms with Gasteiger partial charge in [0.1, 0.15) is 10.9 Å². The molecular formula is C17H13N3S. The van der Waals surface area contributed by atoms with Crippen LogP contribution < -0.4 is 5.73 Å². The monoisotopic (exact) mass is 291 g/mol. The Morgan fingerprint density at radius 1 is 1.19 bits per heavy atom. The van der Waals surface area contributed by atoms with Crippen molar-refractivity contribution < 1.29 is 0 Å². The summed E-state index contributed by atoms with van der Waals surface area (Å²) < 4.78 is 0. The van der Waals surface area contributed by atoms with Crippen molar-refractivity contribution in [1.82, 2.24) is 4.98 Å². The first-order valence-corrected chi connectivity index (χ1v) is 7.32. The molecule has 0 saturated carbocycles.